The van der Waals surface area contributed by atoms with E-state index in [1.807, 2.05) is 13.8 Å². The van der Waals surface area contributed by atoms with Crippen LogP contribution >= 0.6 is 11.6 Å². The number of anilines is 2. The number of benzene rings is 2. The Morgan fingerprint density at radius 2 is 1.85 bits per heavy atom. The van der Waals surface area contributed by atoms with Gasteiger partial charge in [0.15, 0.2) is 0 Å². The van der Waals surface area contributed by atoms with Crippen LogP contribution in [0.4, 0.5) is 11.4 Å². The number of carbonyl (C=O) groups excluding carboxylic acids is 3. The maximum absolute atomic E-state index is 14.0. The third-order valence-electron chi connectivity index (χ3n) is 8.18. The Hall–Kier alpha value is -3.14. The molecule has 2 aromatic rings. The molecule has 3 heterocycles. The van der Waals surface area contributed by atoms with E-state index in [-0.39, 0.29) is 25.0 Å². The monoisotopic (exact) mass is 555 g/mol. The van der Waals surface area contributed by atoms with Crippen molar-refractivity contribution in [3.05, 3.63) is 53.6 Å². The van der Waals surface area contributed by atoms with Crippen molar-refractivity contribution >= 4 is 40.7 Å². The molecule has 9 nitrogen and oxygen atoms in total. The molecule has 0 saturated carbocycles. The minimum Gasteiger partial charge on any atom is -0.494 e. The van der Waals surface area contributed by atoms with Crippen LogP contribution in [0.15, 0.2) is 48.5 Å². The van der Waals surface area contributed by atoms with Crippen LogP contribution < -0.4 is 15.4 Å². The fraction of sp³-hybridized carbons (Fsp3) is 0.483. The quantitative estimate of drug-likeness (QED) is 0.383. The molecule has 1 spiro atoms. The predicted molar refractivity (Wildman–Crippen MR) is 147 cm³/mol. The number of nitrogens with one attached hydrogen (secondary N) is 2. The van der Waals surface area contributed by atoms with Gasteiger partial charge < -0.3 is 30.1 Å². The molecule has 2 bridgehead atoms. The number of hydrogen-bond acceptors (Lipinski definition) is 6. The van der Waals surface area contributed by atoms with Crippen LogP contribution in [0.2, 0.25) is 5.02 Å². The van der Waals surface area contributed by atoms with E-state index in [0.717, 1.165) is 0 Å². The smallest absolute Gasteiger partial charge is 0.250 e. The third kappa shape index (κ3) is 4.77. The highest BCUT2D eigenvalue weighted by molar-refractivity contribution is 6.33. The van der Waals surface area contributed by atoms with Crippen molar-refractivity contribution in [3.63, 3.8) is 0 Å². The second-order valence-electron chi connectivity index (χ2n) is 10.6. The lowest BCUT2D eigenvalue weighted by Crippen LogP contribution is -2.53. The third-order valence-corrected chi connectivity index (χ3v) is 8.51. The van der Waals surface area contributed by atoms with Crippen molar-refractivity contribution in [1.82, 2.24) is 4.90 Å². The summed E-state index contributed by atoms with van der Waals surface area (Å²) in [4.78, 5) is 43.1. The zero-order valence-electron chi connectivity index (χ0n) is 22.1. The molecule has 5 atom stereocenters. The molecular formula is C29H34ClN3O6. The van der Waals surface area contributed by atoms with Gasteiger partial charge in [-0.3, -0.25) is 14.4 Å². The lowest BCUT2D eigenvalue weighted by molar-refractivity contribution is -0.143. The molecule has 3 amide bonds. The molecule has 0 aliphatic carbocycles. The van der Waals surface area contributed by atoms with Crippen LogP contribution in [-0.2, 0) is 19.1 Å². The van der Waals surface area contributed by atoms with E-state index in [9.17, 15) is 19.5 Å². The van der Waals surface area contributed by atoms with Crippen LogP contribution in [-0.4, -0.2) is 64.7 Å². The standard InChI is InChI=1S/C29H34ClN3O6/c1-3-38-19-12-10-18(11-13-19)31-25(35)22-23-27(37)33(16-6-7-17-34)24(29(23)15-14-28(22,2)39-29)26(36)32-21-9-5-4-8-20(21)30/h4-5,8-13,22-24,34H,3,6-7,14-17H2,1-2H3,(H,31,35)(H,32,36)/t22-,23-,24?,28+,29?/m0/s1. The number of likely N-dealkylation sites (tertiary alicyclic amines) is 1. The lowest BCUT2D eigenvalue weighted by atomic mass is 9.66. The number of rotatable bonds is 10. The number of amides is 3. The Labute approximate surface area is 232 Å². The van der Waals surface area contributed by atoms with Crippen molar-refractivity contribution < 1.29 is 29.0 Å². The normalized spacial score (nSPS) is 28.9. The van der Waals surface area contributed by atoms with Gasteiger partial charge in [-0.2, -0.15) is 0 Å². The van der Waals surface area contributed by atoms with Gasteiger partial charge in [0.05, 0.1) is 34.8 Å². The van der Waals surface area contributed by atoms with Gasteiger partial charge >= 0.3 is 0 Å². The molecule has 0 radical (unpaired) electrons. The minimum absolute atomic E-state index is 0.0191. The lowest BCUT2D eigenvalue weighted by Gasteiger charge is -2.33. The molecule has 5 rings (SSSR count). The first-order valence-electron chi connectivity index (χ1n) is 13.4. The van der Waals surface area contributed by atoms with E-state index >= 15 is 0 Å². The Bertz CT molecular complexity index is 1260. The number of aliphatic hydroxyl groups excluding tert-OH is 1. The first-order chi connectivity index (χ1) is 18.7. The second-order valence-corrected chi connectivity index (χ2v) is 11.0. The highest BCUT2D eigenvalue weighted by Gasteiger charge is 2.77. The number of aliphatic hydroxyl groups is 1. The Kier molecular flexibility index (Phi) is 7.59. The van der Waals surface area contributed by atoms with E-state index in [4.69, 9.17) is 21.1 Å². The molecule has 39 heavy (non-hydrogen) atoms. The Morgan fingerprint density at radius 3 is 2.54 bits per heavy atom. The number of unbranched alkanes of at least 4 members (excludes halogenated alkanes) is 1. The number of hydrogen-bond donors (Lipinski definition) is 3. The number of fused-ring (bicyclic) bond motifs is 1. The average molecular weight is 556 g/mol. The van der Waals surface area contributed by atoms with Gasteiger partial charge in [-0.25, -0.2) is 0 Å². The zero-order valence-corrected chi connectivity index (χ0v) is 22.9. The van der Waals surface area contributed by atoms with Gasteiger partial charge in [-0.1, -0.05) is 23.7 Å². The molecule has 3 N–H and O–H groups in total. The van der Waals surface area contributed by atoms with E-state index in [0.29, 0.717) is 54.4 Å². The van der Waals surface area contributed by atoms with Crippen molar-refractivity contribution in [1.29, 1.82) is 0 Å². The fourth-order valence-electron chi connectivity index (χ4n) is 6.55. The molecule has 3 aliphatic heterocycles. The minimum atomic E-state index is -1.14. The summed E-state index contributed by atoms with van der Waals surface area (Å²) in [5.74, 6) is -1.88. The number of para-hydroxylation sites is 1. The number of halogens is 1. The first-order valence-corrected chi connectivity index (χ1v) is 13.8. The topological polar surface area (TPSA) is 117 Å². The second kappa shape index (κ2) is 10.8. The molecule has 3 saturated heterocycles. The summed E-state index contributed by atoms with van der Waals surface area (Å²) < 4.78 is 12.1. The summed E-state index contributed by atoms with van der Waals surface area (Å²) in [6, 6.07) is 13.0. The maximum Gasteiger partial charge on any atom is 0.250 e. The zero-order chi connectivity index (χ0) is 27.8. The summed E-state index contributed by atoms with van der Waals surface area (Å²) in [6.45, 7) is 4.54. The summed E-state index contributed by atoms with van der Waals surface area (Å²) in [6.07, 6.45) is 2.02. The summed E-state index contributed by atoms with van der Waals surface area (Å²) >= 11 is 6.31. The fourth-order valence-corrected chi connectivity index (χ4v) is 6.73. The summed E-state index contributed by atoms with van der Waals surface area (Å²) in [7, 11) is 0. The van der Waals surface area contributed by atoms with Crippen LogP contribution in [0, 0.1) is 11.8 Å². The van der Waals surface area contributed by atoms with Crippen molar-refractivity contribution in [2.24, 2.45) is 11.8 Å². The van der Waals surface area contributed by atoms with Gasteiger partial charge in [-0.05, 0) is 75.9 Å². The highest BCUT2D eigenvalue weighted by Crippen LogP contribution is 2.63. The summed E-state index contributed by atoms with van der Waals surface area (Å²) in [5.41, 5.74) is -1.01. The number of ether oxygens (including phenoxy) is 2. The van der Waals surface area contributed by atoms with Crippen LogP contribution in [0.1, 0.15) is 39.5 Å². The van der Waals surface area contributed by atoms with Crippen molar-refractivity contribution in [3.8, 4) is 5.75 Å². The van der Waals surface area contributed by atoms with Crippen LogP contribution in [0.3, 0.4) is 0 Å². The number of carbonyl (C=O) groups is 3. The van der Waals surface area contributed by atoms with Crippen LogP contribution in [0.25, 0.3) is 0 Å². The molecule has 2 aromatic carbocycles. The molecule has 2 unspecified atom stereocenters. The van der Waals surface area contributed by atoms with E-state index in [2.05, 4.69) is 10.6 Å². The number of nitrogens with zero attached hydrogens (tertiary/aromatic N) is 1. The van der Waals surface area contributed by atoms with Gasteiger partial charge in [0.25, 0.3) is 0 Å². The van der Waals surface area contributed by atoms with Crippen LogP contribution in [0.5, 0.6) is 5.75 Å². The SMILES string of the molecule is CCOc1ccc(NC(=O)[C@@H]2[C@H]3C(=O)N(CCCCO)C(C(=O)Nc4ccccc4Cl)C34CC[C@@]2(C)O4)cc1. The Balaban J connectivity index is 1.45. The van der Waals surface area contributed by atoms with E-state index in [1.165, 1.54) is 4.90 Å². The van der Waals surface area contributed by atoms with Gasteiger partial charge in [-0.15, -0.1) is 0 Å². The van der Waals surface area contributed by atoms with Gasteiger partial charge in [0.2, 0.25) is 17.7 Å². The molecule has 208 valence electrons. The van der Waals surface area contributed by atoms with Crippen molar-refractivity contribution in [2.75, 3.05) is 30.4 Å². The molecule has 3 aliphatic rings. The molecular weight excluding hydrogens is 522 g/mol. The molecule has 0 aromatic heterocycles. The molecule has 10 heteroatoms. The first kappa shape index (κ1) is 27.4. The van der Waals surface area contributed by atoms with E-state index < -0.39 is 35.0 Å². The van der Waals surface area contributed by atoms with E-state index in [1.54, 1.807) is 48.5 Å². The highest BCUT2D eigenvalue weighted by atomic mass is 35.5. The average Bonchev–Trinajstić information content (AvgIpc) is 3.47. The Morgan fingerprint density at radius 1 is 1.10 bits per heavy atom. The molecule has 3 fully saturated rings. The van der Waals surface area contributed by atoms with Gasteiger partial charge in [0, 0.05) is 18.8 Å². The predicted octanol–water partition coefficient (Wildman–Crippen LogP) is 3.85. The van der Waals surface area contributed by atoms with Crippen molar-refractivity contribution in [2.45, 2.75) is 56.8 Å². The maximum atomic E-state index is 14.0. The summed E-state index contributed by atoms with van der Waals surface area (Å²) in [5, 5.41) is 15.6. The largest absolute Gasteiger partial charge is 0.494 e. The van der Waals surface area contributed by atoms with Gasteiger partial charge in [0.1, 0.15) is 17.4 Å².